The molecule has 1 fully saturated rings. The van der Waals surface area contributed by atoms with E-state index < -0.39 is 10.0 Å². The normalized spacial score (nSPS) is 19.0. The minimum absolute atomic E-state index is 0.0587. The summed E-state index contributed by atoms with van der Waals surface area (Å²) in [6, 6.07) is 6.98. The number of nitrogens with one attached hydrogen (secondary N) is 1. The molecule has 6 heteroatoms. The van der Waals surface area contributed by atoms with Crippen LogP contribution in [-0.2, 0) is 15.8 Å². The minimum atomic E-state index is -3.20. The highest BCUT2D eigenvalue weighted by molar-refractivity contribution is 7.88. The molecule has 1 aromatic rings. The van der Waals surface area contributed by atoms with Crippen molar-refractivity contribution in [2.75, 3.05) is 33.2 Å². The van der Waals surface area contributed by atoms with Gasteiger partial charge in [0.2, 0.25) is 10.0 Å². The Bertz CT molecular complexity index is 493. The van der Waals surface area contributed by atoms with Crippen molar-refractivity contribution in [3.8, 4) is 0 Å². The molecule has 0 saturated carbocycles. The van der Waals surface area contributed by atoms with Crippen molar-refractivity contribution in [1.82, 2.24) is 4.31 Å². The fourth-order valence-electron chi connectivity index (χ4n) is 2.03. The predicted octanol–water partition coefficient (Wildman–Crippen LogP) is 0.000100. The number of nitrogens with zero attached hydrogens (tertiary/aromatic N) is 1. The van der Waals surface area contributed by atoms with Crippen LogP contribution in [0.2, 0.25) is 5.02 Å². The van der Waals surface area contributed by atoms with E-state index in [9.17, 15) is 8.42 Å². The highest BCUT2D eigenvalue weighted by Crippen LogP contribution is 2.14. The Balaban J connectivity index is 2.05. The Hall–Kier alpha value is -0.620. The van der Waals surface area contributed by atoms with Crippen LogP contribution in [0.1, 0.15) is 5.56 Å². The van der Waals surface area contributed by atoms with Crippen molar-refractivity contribution in [2.24, 2.45) is 0 Å². The smallest absolute Gasteiger partial charge is 0.218 e. The van der Waals surface area contributed by atoms with Gasteiger partial charge in [-0.3, -0.25) is 0 Å². The molecule has 1 aliphatic heterocycles. The van der Waals surface area contributed by atoms with Gasteiger partial charge in [0.15, 0.2) is 0 Å². The second-order valence-electron chi connectivity index (χ2n) is 4.74. The summed E-state index contributed by atoms with van der Waals surface area (Å²) in [6.45, 7) is 2.98. The first-order chi connectivity index (χ1) is 8.47. The van der Waals surface area contributed by atoms with Crippen LogP contribution < -0.4 is 4.90 Å². The number of quaternary nitrogens is 1. The van der Waals surface area contributed by atoms with Crippen molar-refractivity contribution < 1.29 is 13.3 Å². The molecule has 1 heterocycles. The highest BCUT2D eigenvalue weighted by Gasteiger charge is 2.27. The summed E-state index contributed by atoms with van der Waals surface area (Å²) >= 11 is 5.79. The van der Waals surface area contributed by atoms with Crippen LogP contribution in [0.25, 0.3) is 0 Å². The van der Waals surface area contributed by atoms with Crippen molar-refractivity contribution in [1.29, 1.82) is 0 Å². The quantitative estimate of drug-likeness (QED) is 0.851. The number of sulfonamides is 1. The van der Waals surface area contributed by atoms with Crippen molar-refractivity contribution in [2.45, 2.75) is 5.75 Å². The topological polar surface area (TPSA) is 41.8 Å². The zero-order valence-corrected chi connectivity index (χ0v) is 12.0. The molecule has 0 atom stereocenters. The summed E-state index contributed by atoms with van der Waals surface area (Å²) in [5.74, 6) is 0.0587. The molecule has 0 spiro atoms. The molecule has 4 nitrogen and oxygen atoms in total. The first-order valence-corrected chi connectivity index (χ1v) is 8.00. The Morgan fingerprint density at radius 3 is 2.33 bits per heavy atom. The number of hydrogen-bond donors (Lipinski definition) is 1. The number of halogens is 1. The summed E-state index contributed by atoms with van der Waals surface area (Å²) in [5, 5.41) is 0.624. The molecular formula is C12H18ClN2O2S+. The summed E-state index contributed by atoms with van der Waals surface area (Å²) in [5.41, 5.74) is 0.783. The van der Waals surface area contributed by atoms with Crippen LogP contribution in [0.5, 0.6) is 0 Å². The first kappa shape index (κ1) is 13.8. The van der Waals surface area contributed by atoms with Gasteiger partial charge < -0.3 is 4.90 Å². The predicted molar refractivity (Wildman–Crippen MR) is 72.3 cm³/mol. The number of benzene rings is 1. The van der Waals surface area contributed by atoms with Gasteiger partial charge in [-0.1, -0.05) is 23.7 Å². The van der Waals surface area contributed by atoms with E-state index in [0.717, 1.165) is 18.7 Å². The fourth-order valence-corrected chi connectivity index (χ4v) is 3.69. The van der Waals surface area contributed by atoms with E-state index in [0.29, 0.717) is 18.1 Å². The van der Waals surface area contributed by atoms with Gasteiger partial charge >= 0.3 is 0 Å². The van der Waals surface area contributed by atoms with Gasteiger partial charge in [0.25, 0.3) is 0 Å². The van der Waals surface area contributed by atoms with Crippen LogP contribution in [0, 0.1) is 0 Å². The van der Waals surface area contributed by atoms with Crippen molar-refractivity contribution >= 4 is 21.6 Å². The Kier molecular flexibility index (Phi) is 4.27. The molecule has 1 aliphatic rings. The molecule has 0 radical (unpaired) electrons. The molecule has 0 amide bonds. The largest absolute Gasteiger partial charge is 0.335 e. The van der Waals surface area contributed by atoms with Gasteiger partial charge in [-0.25, -0.2) is 8.42 Å². The summed E-state index contributed by atoms with van der Waals surface area (Å²) < 4.78 is 26.1. The second kappa shape index (κ2) is 5.57. The van der Waals surface area contributed by atoms with Crippen molar-refractivity contribution in [3.63, 3.8) is 0 Å². The minimum Gasteiger partial charge on any atom is -0.335 e. The molecule has 100 valence electrons. The maximum Gasteiger partial charge on any atom is 0.218 e. The molecule has 2 rings (SSSR count). The second-order valence-corrected chi connectivity index (χ2v) is 7.14. The van der Waals surface area contributed by atoms with E-state index in [1.165, 1.54) is 4.90 Å². The zero-order valence-electron chi connectivity index (χ0n) is 10.4. The molecule has 18 heavy (non-hydrogen) atoms. The van der Waals surface area contributed by atoms with Gasteiger partial charge in [-0.05, 0) is 17.7 Å². The average molecular weight is 290 g/mol. The lowest BCUT2D eigenvalue weighted by atomic mass is 10.2. The van der Waals surface area contributed by atoms with Crippen molar-refractivity contribution in [3.05, 3.63) is 34.9 Å². The van der Waals surface area contributed by atoms with E-state index in [1.54, 1.807) is 28.6 Å². The molecule has 1 aromatic carbocycles. The summed E-state index contributed by atoms with van der Waals surface area (Å²) in [6.07, 6.45) is 0. The lowest BCUT2D eigenvalue weighted by Gasteiger charge is -2.29. The third kappa shape index (κ3) is 3.45. The molecule has 0 aliphatic carbocycles. The fraction of sp³-hybridized carbons (Fsp3) is 0.500. The lowest BCUT2D eigenvalue weighted by Crippen LogP contribution is -3.12. The molecular weight excluding hydrogens is 272 g/mol. The van der Waals surface area contributed by atoms with Gasteiger partial charge in [0, 0.05) is 5.02 Å². The highest BCUT2D eigenvalue weighted by atomic mass is 35.5. The summed E-state index contributed by atoms with van der Waals surface area (Å²) in [4.78, 5) is 1.38. The molecule has 0 aromatic heterocycles. The maximum atomic E-state index is 12.2. The van der Waals surface area contributed by atoms with Gasteiger partial charge in [0.05, 0.1) is 39.0 Å². The van der Waals surface area contributed by atoms with Gasteiger partial charge in [0.1, 0.15) is 0 Å². The standard InChI is InChI=1S/C12H17ClN2O2S/c1-14-6-8-15(9-7-14)18(16,17)10-11-2-4-12(13)5-3-11/h2-5H,6-10H2,1H3/p+1. The van der Waals surface area contributed by atoms with Crippen LogP contribution >= 0.6 is 11.6 Å². The van der Waals surface area contributed by atoms with Gasteiger partial charge in [-0.15, -0.1) is 0 Å². The van der Waals surface area contributed by atoms with Crippen LogP contribution in [0.4, 0.5) is 0 Å². The van der Waals surface area contributed by atoms with E-state index in [-0.39, 0.29) is 5.75 Å². The Morgan fingerprint density at radius 1 is 1.22 bits per heavy atom. The summed E-state index contributed by atoms with van der Waals surface area (Å²) in [7, 11) is -1.11. The number of likely N-dealkylation sites (N-methyl/N-ethyl adjacent to an activating group) is 1. The Labute approximate surface area is 113 Å². The Morgan fingerprint density at radius 2 is 1.78 bits per heavy atom. The molecule has 1 saturated heterocycles. The monoisotopic (exact) mass is 289 g/mol. The zero-order chi connectivity index (χ0) is 13.2. The van der Waals surface area contributed by atoms with E-state index >= 15 is 0 Å². The number of rotatable bonds is 3. The van der Waals surface area contributed by atoms with E-state index in [4.69, 9.17) is 11.6 Å². The maximum absolute atomic E-state index is 12.2. The molecule has 0 unspecified atom stereocenters. The van der Waals surface area contributed by atoms with Crippen LogP contribution in [-0.4, -0.2) is 45.9 Å². The molecule has 1 N–H and O–H groups in total. The van der Waals surface area contributed by atoms with Gasteiger partial charge in [-0.2, -0.15) is 4.31 Å². The first-order valence-electron chi connectivity index (χ1n) is 6.01. The lowest BCUT2D eigenvalue weighted by molar-refractivity contribution is -0.883. The van der Waals surface area contributed by atoms with Crippen LogP contribution in [0.15, 0.2) is 24.3 Å². The average Bonchev–Trinajstić information content (AvgIpc) is 2.32. The number of piperazine rings is 1. The number of hydrogen-bond acceptors (Lipinski definition) is 2. The SMILES string of the molecule is C[NH+]1CCN(S(=O)(=O)Cc2ccc(Cl)cc2)CC1. The van der Waals surface area contributed by atoms with E-state index in [2.05, 4.69) is 7.05 Å². The van der Waals surface area contributed by atoms with Crippen LogP contribution in [0.3, 0.4) is 0 Å². The third-order valence-electron chi connectivity index (χ3n) is 3.23. The molecule has 0 bridgehead atoms. The third-order valence-corrected chi connectivity index (χ3v) is 5.33. The van der Waals surface area contributed by atoms with E-state index in [1.807, 2.05) is 0 Å².